The van der Waals surface area contributed by atoms with Crippen LogP contribution in [0.3, 0.4) is 0 Å². The van der Waals surface area contributed by atoms with E-state index in [-0.39, 0.29) is 31.6 Å². The molecule has 13 heteroatoms. The summed E-state index contributed by atoms with van der Waals surface area (Å²) in [5.41, 5.74) is 2.88. The quantitative estimate of drug-likeness (QED) is 0.241. The van der Waals surface area contributed by atoms with Crippen LogP contribution in [0.15, 0.2) is 46.0 Å². The fourth-order valence-electron chi connectivity index (χ4n) is 3.92. The molecule has 6 N–H and O–H groups in total. The van der Waals surface area contributed by atoms with Gasteiger partial charge in [-0.25, -0.2) is 9.38 Å². The highest BCUT2D eigenvalue weighted by molar-refractivity contribution is 9.10. The number of anilines is 1. The van der Waals surface area contributed by atoms with Gasteiger partial charge in [-0.1, -0.05) is 22.0 Å². The van der Waals surface area contributed by atoms with Crippen molar-refractivity contribution in [2.75, 3.05) is 25.0 Å². The Bertz CT molecular complexity index is 1360. The molecule has 0 fully saturated rings. The van der Waals surface area contributed by atoms with Crippen LogP contribution in [0.2, 0.25) is 0 Å². The fraction of sp³-hybridized carbons (Fsp3) is 0.292. The molecule has 0 bridgehead atoms. The molecule has 2 heterocycles. The molecule has 0 radical (unpaired) electrons. The van der Waals surface area contributed by atoms with Crippen LogP contribution in [-0.2, 0) is 9.59 Å². The first-order valence-corrected chi connectivity index (χ1v) is 12.2. The number of carboxylic acids is 1. The molecule has 0 saturated heterocycles. The molecule has 1 aliphatic rings. The van der Waals surface area contributed by atoms with Gasteiger partial charge in [-0.15, -0.1) is 0 Å². The lowest BCUT2D eigenvalue weighted by Gasteiger charge is -2.19. The summed E-state index contributed by atoms with van der Waals surface area (Å²) in [7, 11) is 0. The van der Waals surface area contributed by atoms with E-state index in [9.17, 15) is 23.9 Å². The number of aromatic amines is 1. The average Bonchev–Trinajstić information content (AvgIpc) is 3.32. The number of halogens is 2. The molecule has 2 atom stereocenters. The van der Waals surface area contributed by atoms with Crippen molar-refractivity contribution in [1.29, 1.82) is 0 Å². The van der Waals surface area contributed by atoms with E-state index >= 15 is 0 Å². The number of hydrogen-bond donors (Lipinski definition) is 6. The van der Waals surface area contributed by atoms with Gasteiger partial charge in [0.25, 0.3) is 5.91 Å². The van der Waals surface area contributed by atoms with Crippen LogP contribution in [0.5, 0.6) is 0 Å². The first kappa shape index (κ1) is 26.1. The van der Waals surface area contributed by atoms with Gasteiger partial charge in [0.1, 0.15) is 6.17 Å². The third-order valence-corrected chi connectivity index (χ3v) is 6.06. The monoisotopic (exact) mass is 573 g/mol. The average molecular weight is 574 g/mol. The van der Waals surface area contributed by atoms with Gasteiger partial charge >= 0.3 is 5.97 Å². The number of hydrogen-bond acceptors (Lipinski definition) is 7. The number of guanidine groups is 1. The van der Waals surface area contributed by atoms with E-state index in [1.54, 1.807) is 30.5 Å². The SMILES string of the molecule is Cc1cc(Br)cc([C@H](CC(=O)O)NC(=O)CNC(=O)c2cc(NC3=NCC(F)CN3)c3cn[nH]c3c2)c1. The number of benzene rings is 2. The molecule has 2 aromatic carbocycles. The van der Waals surface area contributed by atoms with E-state index in [2.05, 4.69) is 52.4 Å². The molecule has 2 amide bonds. The van der Waals surface area contributed by atoms with Gasteiger partial charge in [0.05, 0.1) is 49.5 Å². The summed E-state index contributed by atoms with van der Waals surface area (Å²) in [6.45, 7) is 1.65. The van der Waals surface area contributed by atoms with E-state index in [1.165, 1.54) is 0 Å². The number of nitrogens with one attached hydrogen (secondary N) is 5. The van der Waals surface area contributed by atoms with Crippen molar-refractivity contribution in [2.24, 2.45) is 4.99 Å². The van der Waals surface area contributed by atoms with Crippen molar-refractivity contribution in [3.05, 3.63) is 57.7 Å². The van der Waals surface area contributed by atoms with Crippen molar-refractivity contribution in [2.45, 2.75) is 25.6 Å². The lowest BCUT2D eigenvalue weighted by molar-refractivity contribution is -0.137. The minimum Gasteiger partial charge on any atom is -0.481 e. The molecule has 3 aromatic rings. The number of alkyl halides is 1. The third-order valence-electron chi connectivity index (χ3n) is 5.60. The number of nitrogens with zero attached hydrogens (tertiary/aromatic N) is 2. The molecule has 4 rings (SSSR count). The van der Waals surface area contributed by atoms with E-state index in [0.717, 1.165) is 10.0 Å². The van der Waals surface area contributed by atoms with Gasteiger partial charge < -0.3 is 26.4 Å². The van der Waals surface area contributed by atoms with Crippen molar-refractivity contribution in [1.82, 2.24) is 26.1 Å². The zero-order chi connectivity index (χ0) is 26.5. The van der Waals surface area contributed by atoms with Gasteiger partial charge in [0.2, 0.25) is 5.91 Å². The number of carbonyl (C=O) groups is 3. The number of H-pyrrole nitrogens is 1. The van der Waals surface area contributed by atoms with Crippen LogP contribution in [0.25, 0.3) is 10.9 Å². The van der Waals surface area contributed by atoms with Crippen LogP contribution in [0.1, 0.15) is 33.9 Å². The van der Waals surface area contributed by atoms with E-state index in [4.69, 9.17) is 0 Å². The maximum atomic E-state index is 13.4. The van der Waals surface area contributed by atoms with Crippen LogP contribution in [0.4, 0.5) is 10.1 Å². The molecule has 0 saturated carbocycles. The number of aromatic nitrogens is 2. The van der Waals surface area contributed by atoms with Crippen LogP contribution in [-0.4, -0.2) is 64.9 Å². The van der Waals surface area contributed by atoms with Crippen LogP contribution in [0, 0.1) is 6.92 Å². The molecule has 194 valence electrons. The van der Waals surface area contributed by atoms with Gasteiger partial charge in [-0.2, -0.15) is 5.10 Å². The molecule has 1 unspecified atom stereocenters. The van der Waals surface area contributed by atoms with Gasteiger partial charge in [-0.3, -0.25) is 19.5 Å². The fourth-order valence-corrected chi connectivity index (χ4v) is 4.54. The third kappa shape index (κ3) is 6.82. The Morgan fingerprint density at radius 3 is 2.76 bits per heavy atom. The normalized spacial score (nSPS) is 15.9. The molecular formula is C24H25BrFN7O4. The zero-order valence-corrected chi connectivity index (χ0v) is 21.4. The zero-order valence-electron chi connectivity index (χ0n) is 19.8. The second-order valence-electron chi connectivity index (χ2n) is 8.61. The van der Waals surface area contributed by atoms with Crippen molar-refractivity contribution in [3.63, 3.8) is 0 Å². The molecule has 1 aromatic heterocycles. The Hall–Kier alpha value is -4.00. The van der Waals surface area contributed by atoms with Crippen molar-refractivity contribution >= 4 is 56.3 Å². The summed E-state index contributed by atoms with van der Waals surface area (Å²) >= 11 is 3.39. The topological polar surface area (TPSA) is 161 Å². The van der Waals surface area contributed by atoms with E-state index in [1.807, 2.05) is 13.0 Å². The highest BCUT2D eigenvalue weighted by Gasteiger charge is 2.20. The predicted molar refractivity (Wildman–Crippen MR) is 139 cm³/mol. The van der Waals surface area contributed by atoms with Gasteiger partial charge in [0.15, 0.2) is 5.96 Å². The second kappa shape index (κ2) is 11.4. The van der Waals surface area contributed by atoms with Crippen LogP contribution >= 0.6 is 15.9 Å². The molecule has 0 aliphatic carbocycles. The standard InChI is InChI=1S/C24H25BrFN7O4/c1-12-2-13(4-15(25)3-12)18(7-22(35)36)31-21(34)11-27-23(37)14-5-19(17-10-30-33-20(17)6-14)32-24-28-8-16(26)9-29-24/h2-6,10,16,18H,7-9,11H2,1H3,(H,27,37)(H,30,33)(H,31,34)(H,35,36)(H2,28,29,32)/t18-/m0/s1. The summed E-state index contributed by atoms with van der Waals surface area (Å²) in [6.07, 6.45) is 0.202. The number of aliphatic imine (C=N–C) groups is 1. The Balaban J connectivity index is 1.44. The minimum atomic E-state index is -1.07. The minimum absolute atomic E-state index is 0.0293. The number of carbonyl (C=O) groups excluding carboxylic acids is 2. The van der Waals surface area contributed by atoms with Crippen molar-refractivity contribution < 1.29 is 23.9 Å². The number of aliphatic carboxylic acids is 1. The summed E-state index contributed by atoms with van der Waals surface area (Å²) in [5.74, 6) is -1.76. The summed E-state index contributed by atoms with van der Waals surface area (Å²) in [5, 5.41) is 28.0. The molecular weight excluding hydrogens is 549 g/mol. The first-order valence-electron chi connectivity index (χ1n) is 11.4. The number of rotatable bonds is 8. The highest BCUT2D eigenvalue weighted by Crippen LogP contribution is 2.25. The molecule has 0 spiro atoms. The molecule has 1 aliphatic heterocycles. The highest BCUT2D eigenvalue weighted by atomic mass is 79.9. The van der Waals surface area contributed by atoms with Gasteiger partial charge in [-0.05, 0) is 42.3 Å². The maximum absolute atomic E-state index is 13.4. The van der Waals surface area contributed by atoms with E-state index < -0.39 is 30.0 Å². The van der Waals surface area contributed by atoms with Crippen molar-refractivity contribution in [3.8, 4) is 0 Å². The van der Waals surface area contributed by atoms with Gasteiger partial charge in [0, 0.05) is 15.4 Å². The summed E-state index contributed by atoms with van der Waals surface area (Å²) < 4.78 is 14.1. The lowest BCUT2D eigenvalue weighted by Crippen LogP contribution is -2.41. The summed E-state index contributed by atoms with van der Waals surface area (Å²) in [4.78, 5) is 41.0. The Labute approximate surface area is 219 Å². The smallest absolute Gasteiger partial charge is 0.305 e. The predicted octanol–water partition coefficient (Wildman–Crippen LogP) is 2.41. The molecule has 11 nitrogen and oxygen atoms in total. The Kier molecular flexibility index (Phi) is 8.01. The maximum Gasteiger partial charge on any atom is 0.305 e. The largest absolute Gasteiger partial charge is 0.481 e. The lowest BCUT2D eigenvalue weighted by atomic mass is 10.0. The first-order chi connectivity index (χ1) is 17.7. The van der Waals surface area contributed by atoms with Crippen LogP contribution < -0.4 is 21.3 Å². The second-order valence-corrected chi connectivity index (χ2v) is 9.53. The van der Waals surface area contributed by atoms with E-state index in [0.29, 0.717) is 28.1 Å². The Morgan fingerprint density at radius 2 is 2.05 bits per heavy atom. The number of fused-ring (bicyclic) bond motifs is 1. The Morgan fingerprint density at radius 1 is 1.24 bits per heavy atom. The number of carboxylic acid groups (broad SMARTS) is 1. The number of amides is 2. The number of aryl methyl sites for hydroxylation is 1. The molecule has 37 heavy (non-hydrogen) atoms. The summed E-state index contributed by atoms with van der Waals surface area (Å²) in [6, 6.07) is 7.80.